The van der Waals surface area contributed by atoms with E-state index in [1.165, 1.54) is 0 Å². The predicted molar refractivity (Wildman–Crippen MR) is 57.2 cm³/mol. The molecule has 0 bridgehead atoms. The number of nitrogens with two attached hydrogens (primary N) is 1. The third kappa shape index (κ3) is 2.05. The first-order valence-corrected chi connectivity index (χ1v) is 4.90. The van der Waals surface area contributed by atoms with Crippen LogP contribution in [0.15, 0.2) is 34.9 Å². The molecule has 0 radical (unpaired) electrons. The van der Waals surface area contributed by atoms with E-state index in [1.807, 2.05) is 37.3 Å². The fraction of sp³-hybridized carbons (Fsp3) is 0.273. The van der Waals surface area contributed by atoms with E-state index < -0.39 is 0 Å². The van der Waals surface area contributed by atoms with Gasteiger partial charge in [0.2, 0.25) is 11.7 Å². The Kier molecular flexibility index (Phi) is 2.78. The first kappa shape index (κ1) is 9.86. The topological polar surface area (TPSA) is 64.9 Å². The fourth-order valence-corrected chi connectivity index (χ4v) is 1.24. The van der Waals surface area contributed by atoms with Gasteiger partial charge >= 0.3 is 0 Å². The molecule has 0 amide bonds. The van der Waals surface area contributed by atoms with Crippen LogP contribution in [0.2, 0.25) is 0 Å². The van der Waals surface area contributed by atoms with Gasteiger partial charge in [0.1, 0.15) is 0 Å². The summed E-state index contributed by atoms with van der Waals surface area (Å²) in [6.45, 7) is 2.47. The van der Waals surface area contributed by atoms with Gasteiger partial charge in [0.25, 0.3) is 0 Å². The number of rotatable bonds is 3. The molecular weight excluding hydrogens is 190 g/mol. The molecule has 15 heavy (non-hydrogen) atoms. The molecule has 0 aliphatic carbocycles. The summed E-state index contributed by atoms with van der Waals surface area (Å²) in [7, 11) is 0. The van der Waals surface area contributed by atoms with Crippen LogP contribution in [0.1, 0.15) is 18.7 Å². The molecule has 1 aromatic heterocycles. The van der Waals surface area contributed by atoms with Gasteiger partial charge in [0.15, 0.2) is 0 Å². The standard InChI is InChI=1S/C11H13N3O/c1-8(7-12)11-13-10(14-15-11)9-5-3-2-4-6-9/h2-6,8H,7,12H2,1H3/t8-/m1/s1. The zero-order chi connectivity index (χ0) is 10.7. The van der Waals surface area contributed by atoms with Gasteiger partial charge in [-0.1, -0.05) is 42.4 Å². The Bertz CT molecular complexity index is 424. The quantitative estimate of drug-likeness (QED) is 0.826. The van der Waals surface area contributed by atoms with E-state index in [9.17, 15) is 0 Å². The second-order valence-electron chi connectivity index (χ2n) is 3.46. The fourth-order valence-electron chi connectivity index (χ4n) is 1.24. The van der Waals surface area contributed by atoms with Crippen LogP contribution in [-0.2, 0) is 0 Å². The molecule has 0 aliphatic heterocycles. The molecule has 1 atom stereocenters. The van der Waals surface area contributed by atoms with E-state index >= 15 is 0 Å². The number of hydrogen-bond donors (Lipinski definition) is 1. The van der Waals surface area contributed by atoms with E-state index in [0.717, 1.165) is 5.56 Å². The van der Waals surface area contributed by atoms with Gasteiger partial charge in [0, 0.05) is 18.0 Å². The Hall–Kier alpha value is -1.68. The van der Waals surface area contributed by atoms with E-state index in [4.69, 9.17) is 10.3 Å². The second-order valence-corrected chi connectivity index (χ2v) is 3.46. The van der Waals surface area contributed by atoms with Crippen LogP contribution in [0.25, 0.3) is 11.4 Å². The molecule has 2 rings (SSSR count). The van der Waals surface area contributed by atoms with Crippen molar-refractivity contribution in [2.45, 2.75) is 12.8 Å². The van der Waals surface area contributed by atoms with Crippen molar-refractivity contribution in [3.8, 4) is 11.4 Å². The van der Waals surface area contributed by atoms with E-state index in [-0.39, 0.29) is 5.92 Å². The molecule has 4 nitrogen and oxygen atoms in total. The Labute approximate surface area is 88.1 Å². The third-order valence-electron chi connectivity index (χ3n) is 2.25. The predicted octanol–water partition coefficient (Wildman–Crippen LogP) is 1.80. The van der Waals surface area contributed by atoms with Gasteiger partial charge in [-0.3, -0.25) is 0 Å². The third-order valence-corrected chi connectivity index (χ3v) is 2.25. The van der Waals surface area contributed by atoms with Gasteiger partial charge < -0.3 is 10.3 Å². The van der Waals surface area contributed by atoms with Crippen molar-refractivity contribution in [2.75, 3.05) is 6.54 Å². The highest BCUT2D eigenvalue weighted by atomic mass is 16.5. The Morgan fingerprint density at radius 1 is 1.33 bits per heavy atom. The second kappa shape index (κ2) is 4.23. The van der Waals surface area contributed by atoms with Gasteiger partial charge in [-0.15, -0.1) is 0 Å². The Morgan fingerprint density at radius 3 is 2.73 bits per heavy atom. The van der Waals surface area contributed by atoms with Gasteiger partial charge in [0.05, 0.1) is 0 Å². The van der Waals surface area contributed by atoms with Gasteiger partial charge in [-0.2, -0.15) is 4.98 Å². The van der Waals surface area contributed by atoms with Crippen molar-refractivity contribution < 1.29 is 4.52 Å². The van der Waals surface area contributed by atoms with Crippen LogP contribution in [0.4, 0.5) is 0 Å². The van der Waals surface area contributed by atoms with E-state index in [1.54, 1.807) is 0 Å². The van der Waals surface area contributed by atoms with Crippen LogP contribution in [-0.4, -0.2) is 16.7 Å². The summed E-state index contributed by atoms with van der Waals surface area (Å²) in [6, 6.07) is 9.73. The molecular formula is C11H13N3O. The summed E-state index contributed by atoms with van der Waals surface area (Å²) in [6.07, 6.45) is 0. The minimum atomic E-state index is 0.106. The summed E-state index contributed by atoms with van der Waals surface area (Å²) in [5, 5.41) is 3.91. The molecule has 2 aromatic rings. The highest BCUT2D eigenvalue weighted by Crippen LogP contribution is 2.18. The lowest BCUT2D eigenvalue weighted by molar-refractivity contribution is 0.361. The number of hydrogen-bond acceptors (Lipinski definition) is 4. The normalized spacial score (nSPS) is 12.7. The number of nitrogens with zero attached hydrogens (tertiary/aromatic N) is 2. The van der Waals surface area contributed by atoms with Crippen molar-refractivity contribution in [3.63, 3.8) is 0 Å². The first-order chi connectivity index (χ1) is 7.31. The number of benzene rings is 1. The molecule has 0 unspecified atom stereocenters. The molecule has 0 saturated heterocycles. The van der Waals surface area contributed by atoms with Crippen molar-refractivity contribution in [2.24, 2.45) is 5.73 Å². The molecule has 0 aliphatic rings. The van der Waals surface area contributed by atoms with Crippen LogP contribution < -0.4 is 5.73 Å². The lowest BCUT2D eigenvalue weighted by Crippen LogP contribution is -2.08. The van der Waals surface area contributed by atoms with Crippen LogP contribution in [0, 0.1) is 0 Å². The van der Waals surface area contributed by atoms with Crippen LogP contribution in [0.3, 0.4) is 0 Å². The summed E-state index contributed by atoms with van der Waals surface area (Å²) in [5.41, 5.74) is 6.48. The minimum absolute atomic E-state index is 0.106. The molecule has 78 valence electrons. The zero-order valence-corrected chi connectivity index (χ0v) is 8.55. The molecule has 1 heterocycles. The summed E-state index contributed by atoms with van der Waals surface area (Å²) >= 11 is 0. The van der Waals surface area contributed by atoms with Crippen molar-refractivity contribution in [1.29, 1.82) is 0 Å². The van der Waals surface area contributed by atoms with E-state index in [0.29, 0.717) is 18.3 Å². The molecule has 0 saturated carbocycles. The van der Waals surface area contributed by atoms with Gasteiger partial charge in [-0.25, -0.2) is 0 Å². The maximum atomic E-state index is 5.52. The highest BCUT2D eigenvalue weighted by Gasteiger charge is 2.13. The minimum Gasteiger partial charge on any atom is -0.339 e. The molecule has 1 aromatic carbocycles. The average Bonchev–Trinajstić information content (AvgIpc) is 2.78. The highest BCUT2D eigenvalue weighted by molar-refractivity contribution is 5.53. The van der Waals surface area contributed by atoms with Crippen LogP contribution in [0.5, 0.6) is 0 Å². The smallest absolute Gasteiger partial charge is 0.231 e. The van der Waals surface area contributed by atoms with Gasteiger partial charge in [-0.05, 0) is 0 Å². The molecule has 2 N–H and O–H groups in total. The SMILES string of the molecule is C[C@H](CN)c1nc(-c2ccccc2)no1. The van der Waals surface area contributed by atoms with E-state index in [2.05, 4.69) is 10.1 Å². The zero-order valence-electron chi connectivity index (χ0n) is 8.55. The maximum absolute atomic E-state index is 5.52. The average molecular weight is 203 g/mol. The summed E-state index contributed by atoms with van der Waals surface area (Å²) in [4.78, 5) is 4.29. The van der Waals surface area contributed by atoms with Crippen LogP contribution >= 0.6 is 0 Å². The monoisotopic (exact) mass is 203 g/mol. The summed E-state index contributed by atoms with van der Waals surface area (Å²) in [5.74, 6) is 1.32. The number of aromatic nitrogens is 2. The molecule has 4 heteroatoms. The Morgan fingerprint density at radius 2 is 2.07 bits per heavy atom. The van der Waals surface area contributed by atoms with Crippen molar-refractivity contribution >= 4 is 0 Å². The Balaban J connectivity index is 2.28. The molecule has 0 fully saturated rings. The summed E-state index contributed by atoms with van der Waals surface area (Å²) < 4.78 is 5.13. The van der Waals surface area contributed by atoms with Crippen molar-refractivity contribution in [3.05, 3.63) is 36.2 Å². The maximum Gasteiger partial charge on any atom is 0.231 e. The lowest BCUT2D eigenvalue weighted by Gasteiger charge is -1.98. The largest absolute Gasteiger partial charge is 0.339 e. The molecule has 0 spiro atoms. The van der Waals surface area contributed by atoms with Crippen molar-refractivity contribution in [1.82, 2.24) is 10.1 Å². The lowest BCUT2D eigenvalue weighted by atomic mass is 10.2. The first-order valence-electron chi connectivity index (χ1n) is 4.90.